The van der Waals surface area contributed by atoms with Crippen LogP contribution in [0.1, 0.15) is 90.9 Å². The van der Waals surface area contributed by atoms with Gasteiger partial charge in [-0.15, -0.1) is 6.58 Å². The Labute approximate surface area is 139 Å². The van der Waals surface area contributed by atoms with Crippen LogP contribution in [0.2, 0.25) is 0 Å². The summed E-state index contributed by atoms with van der Waals surface area (Å²) < 4.78 is 5.62. The number of ether oxygens (including phenoxy) is 1. The highest BCUT2D eigenvalue weighted by Gasteiger charge is 2.15. The molecule has 0 radical (unpaired) electrons. The van der Waals surface area contributed by atoms with Gasteiger partial charge in [0.25, 0.3) is 0 Å². The van der Waals surface area contributed by atoms with E-state index < -0.39 is 0 Å². The molecule has 2 heteroatoms. The third-order valence-corrected chi connectivity index (χ3v) is 4.55. The van der Waals surface area contributed by atoms with Gasteiger partial charge in [-0.2, -0.15) is 0 Å². The van der Waals surface area contributed by atoms with Crippen LogP contribution in [0.3, 0.4) is 0 Å². The van der Waals surface area contributed by atoms with E-state index in [2.05, 4.69) is 20.4 Å². The fraction of sp³-hybridized carbons (Fsp3) is 0.900. The van der Waals surface area contributed by atoms with Crippen molar-refractivity contribution >= 4 is 0 Å². The van der Waals surface area contributed by atoms with Crippen molar-refractivity contribution in [1.29, 1.82) is 0 Å². The topological polar surface area (TPSA) is 29.5 Å². The van der Waals surface area contributed by atoms with E-state index in [0.29, 0.717) is 6.61 Å². The van der Waals surface area contributed by atoms with Crippen molar-refractivity contribution in [3.63, 3.8) is 0 Å². The highest BCUT2D eigenvalue weighted by Crippen LogP contribution is 2.17. The molecule has 2 atom stereocenters. The largest absolute Gasteiger partial charge is 0.396 e. The van der Waals surface area contributed by atoms with E-state index in [0.717, 1.165) is 6.42 Å². The summed E-state index contributed by atoms with van der Waals surface area (Å²) in [6.07, 6.45) is 18.0. The summed E-state index contributed by atoms with van der Waals surface area (Å²) in [5, 5.41) is 9.45. The summed E-state index contributed by atoms with van der Waals surface area (Å²) >= 11 is 0. The lowest BCUT2D eigenvalue weighted by molar-refractivity contribution is 0.0157. The van der Waals surface area contributed by atoms with Crippen LogP contribution in [0, 0.1) is 5.92 Å². The Morgan fingerprint density at radius 3 is 1.86 bits per heavy atom. The third-order valence-electron chi connectivity index (χ3n) is 4.55. The molecule has 132 valence electrons. The molecule has 0 aliphatic heterocycles. The van der Waals surface area contributed by atoms with Gasteiger partial charge in [0.1, 0.15) is 0 Å². The van der Waals surface area contributed by atoms with Crippen molar-refractivity contribution in [3.05, 3.63) is 12.7 Å². The predicted molar refractivity (Wildman–Crippen MR) is 97.3 cm³/mol. The molecule has 0 aromatic rings. The van der Waals surface area contributed by atoms with Gasteiger partial charge in [0.05, 0.1) is 12.7 Å². The zero-order valence-electron chi connectivity index (χ0n) is 15.2. The highest BCUT2D eigenvalue weighted by molar-refractivity contribution is 4.70. The standard InChI is InChI=1S/C20H40O2/c1-4-6-7-8-9-10-11-12-13-14-15-16-20(18-21)19(3)22-17-5-2/h5,19-21H,2,4,6-18H2,1,3H3. The maximum absolute atomic E-state index is 9.45. The molecule has 0 aromatic carbocycles. The van der Waals surface area contributed by atoms with Crippen LogP contribution in [-0.4, -0.2) is 24.4 Å². The van der Waals surface area contributed by atoms with Gasteiger partial charge in [-0.05, 0) is 13.3 Å². The minimum absolute atomic E-state index is 0.131. The lowest BCUT2D eigenvalue weighted by atomic mass is 9.96. The van der Waals surface area contributed by atoms with Gasteiger partial charge in [-0.3, -0.25) is 0 Å². The van der Waals surface area contributed by atoms with E-state index in [1.54, 1.807) is 6.08 Å². The number of rotatable bonds is 17. The van der Waals surface area contributed by atoms with Crippen LogP contribution in [0.25, 0.3) is 0 Å². The lowest BCUT2D eigenvalue weighted by Gasteiger charge is -2.21. The molecule has 0 saturated carbocycles. The Balaban J connectivity index is 3.37. The molecule has 0 aliphatic rings. The molecule has 0 saturated heterocycles. The molecule has 0 fully saturated rings. The van der Waals surface area contributed by atoms with Gasteiger partial charge in [0.2, 0.25) is 0 Å². The monoisotopic (exact) mass is 312 g/mol. The number of aliphatic hydroxyl groups is 1. The van der Waals surface area contributed by atoms with Crippen molar-refractivity contribution in [2.45, 2.75) is 97.0 Å². The molecule has 0 heterocycles. The Bertz CT molecular complexity index is 228. The second-order valence-corrected chi connectivity index (χ2v) is 6.59. The van der Waals surface area contributed by atoms with Gasteiger partial charge >= 0.3 is 0 Å². The van der Waals surface area contributed by atoms with Crippen LogP contribution >= 0.6 is 0 Å². The Kier molecular flexibility index (Phi) is 16.8. The first kappa shape index (κ1) is 21.7. The number of aliphatic hydroxyl groups excluding tert-OH is 1. The summed E-state index contributed by atoms with van der Waals surface area (Å²) in [4.78, 5) is 0. The molecule has 2 unspecified atom stereocenters. The van der Waals surface area contributed by atoms with E-state index in [1.165, 1.54) is 70.6 Å². The SMILES string of the molecule is C=CCOC(C)C(CO)CCCCCCCCCCCCC. The summed E-state index contributed by atoms with van der Waals surface area (Å²) in [5.41, 5.74) is 0. The molecule has 0 amide bonds. The zero-order valence-corrected chi connectivity index (χ0v) is 15.2. The summed E-state index contributed by atoms with van der Waals surface area (Å²) in [5.74, 6) is 0.276. The fourth-order valence-corrected chi connectivity index (χ4v) is 2.90. The average Bonchev–Trinajstić information content (AvgIpc) is 2.53. The van der Waals surface area contributed by atoms with Crippen LogP contribution in [0.15, 0.2) is 12.7 Å². The first-order valence-electron chi connectivity index (χ1n) is 9.59. The normalized spacial score (nSPS) is 14.0. The van der Waals surface area contributed by atoms with Gasteiger partial charge in [-0.25, -0.2) is 0 Å². The van der Waals surface area contributed by atoms with Crippen LogP contribution in [0.4, 0.5) is 0 Å². The minimum Gasteiger partial charge on any atom is -0.396 e. The summed E-state index contributed by atoms with van der Waals surface area (Å²) in [7, 11) is 0. The molecule has 0 rings (SSSR count). The Morgan fingerprint density at radius 1 is 0.909 bits per heavy atom. The van der Waals surface area contributed by atoms with Crippen molar-refractivity contribution in [2.75, 3.05) is 13.2 Å². The fourth-order valence-electron chi connectivity index (χ4n) is 2.90. The first-order valence-corrected chi connectivity index (χ1v) is 9.59. The molecular formula is C20H40O2. The van der Waals surface area contributed by atoms with Crippen molar-refractivity contribution in [3.8, 4) is 0 Å². The smallest absolute Gasteiger partial charge is 0.0648 e. The quantitative estimate of drug-likeness (QED) is 0.268. The zero-order chi connectivity index (χ0) is 16.5. The van der Waals surface area contributed by atoms with Crippen LogP contribution in [0.5, 0.6) is 0 Å². The van der Waals surface area contributed by atoms with E-state index >= 15 is 0 Å². The minimum atomic E-state index is 0.131. The Morgan fingerprint density at radius 2 is 1.41 bits per heavy atom. The Hall–Kier alpha value is -0.340. The third kappa shape index (κ3) is 13.3. The number of hydrogen-bond acceptors (Lipinski definition) is 2. The summed E-state index contributed by atoms with van der Waals surface area (Å²) in [6.45, 7) is 8.80. The number of unbranched alkanes of at least 4 members (excludes halogenated alkanes) is 10. The van der Waals surface area contributed by atoms with Gasteiger partial charge in [0.15, 0.2) is 0 Å². The molecule has 0 aromatic heterocycles. The molecule has 0 spiro atoms. The molecule has 0 bridgehead atoms. The van der Waals surface area contributed by atoms with Crippen LogP contribution < -0.4 is 0 Å². The second kappa shape index (κ2) is 17.0. The molecule has 0 aliphatic carbocycles. The summed E-state index contributed by atoms with van der Waals surface area (Å²) in [6, 6.07) is 0. The van der Waals surface area contributed by atoms with Gasteiger partial charge in [-0.1, -0.05) is 83.6 Å². The van der Waals surface area contributed by atoms with E-state index in [1.807, 2.05) is 0 Å². The van der Waals surface area contributed by atoms with E-state index in [-0.39, 0.29) is 18.6 Å². The predicted octanol–water partition coefficient (Wildman–Crippen LogP) is 5.89. The maximum Gasteiger partial charge on any atom is 0.0648 e. The number of hydrogen-bond donors (Lipinski definition) is 1. The first-order chi connectivity index (χ1) is 10.8. The lowest BCUT2D eigenvalue weighted by Crippen LogP contribution is -2.24. The molecule has 1 N–H and O–H groups in total. The van der Waals surface area contributed by atoms with Crippen molar-refractivity contribution in [2.24, 2.45) is 5.92 Å². The van der Waals surface area contributed by atoms with Crippen molar-refractivity contribution in [1.82, 2.24) is 0 Å². The highest BCUT2D eigenvalue weighted by atomic mass is 16.5. The van der Waals surface area contributed by atoms with Crippen LogP contribution in [-0.2, 0) is 4.74 Å². The molecule has 2 nitrogen and oxygen atoms in total. The molecule has 22 heavy (non-hydrogen) atoms. The van der Waals surface area contributed by atoms with Gasteiger partial charge < -0.3 is 9.84 Å². The maximum atomic E-state index is 9.45. The second-order valence-electron chi connectivity index (χ2n) is 6.59. The molecular weight excluding hydrogens is 272 g/mol. The van der Waals surface area contributed by atoms with Gasteiger partial charge in [0, 0.05) is 12.5 Å². The van der Waals surface area contributed by atoms with E-state index in [9.17, 15) is 5.11 Å². The van der Waals surface area contributed by atoms with Crippen molar-refractivity contribution < 1.29 is 9.84 Å². The average molecular weight is 313 g/mol. The van der Waals surface area contributed by atoms with E-state index in [4.69, 9.17) is 4.74 Å².